The van der Waals surface area contributed by atoms with Gasteiger partial charge in [0.1, 0.15) is 18.1 Å². The first-order valence-corrected chi connectivity index (χ1v) is 7.71. The molecule has 25 heavy (non-hydrogen) atoms. The zero-order chi connectivity index (χ0) is 17.6. The van der Waals surface area contributed by atoms with E-state index in [2.05, 4.69) is 5.10 Å². The number of ketones is 1. The van der Waals surface area contributed by atoms with Crippen molar-refractivity contribution in [2.75, 3.05) is 7.11 Å². The van der Waals surface area contributed by atoms with Crippen LogP contribution in [-0.4, -0.2) is 22.7 Å². The fourth-order valence-corrected chi connectivity index (χ4v) is 2.25. The first kappa shape index (κ1) is 16.6. The van der Waals surface area contributed by atoms with E-state index in [1.54, 1.807) is 37.2 Å². The highest BCUT2D eigenvalue weighted by Gasteiger charge is 2.07. The van der Waals surface area contributed by atoms with Crippen molar-refractivity contribution in [3.63, 3.8) is 0 Å². The van der Waals surface area contributed by atoms with Crippen LogP contribution < -0.4 is 9.47 Å². The zero-order valence-corrected chi connectivity index (χ0v) is 14.0. The van der Waals surface area contributed by atoms with Gasteiger partial charge < -0.3 is 13.9 Å². The van der Waals surface area contributed by atoms with E-state index in [0.717, 1.165) is 0 Å². The van der Waals surface area contributed by atoms with Gasteiger partial charge in [-0.1, -0.05) is 12.1 Å². The number of para-hydroxylation sites is 2. The molecule has 0 aliphatic carbocycles. The van der Waals surface area contributed by atoms with Crippen molar-refractivity contribution >= 4 is 11.9 Å². The number of aryl methyl sites for hydroxylation is 1. The summed E-state index contributed by atoms with van der Waals surface area (Å²) in [5.74, 6) is 2.41. The van der Waals surface area contributed by atoms with Crippen LogP contribution >= 0.6 is 0 Å². The predicted octanol–water partition coefficient (Wildman–Crippen LogP) is 3.50. The lowest BCUT2D eigenvalue weighted by Gasteiger charge is -2.08. The molecule has 0 amide bonds. The highest BCUT2D eigenvalue weighted by atomic mass is 16.5. The maximum atomic E-state index is 12.0. The van der Waals surface area contributed by atoms with Crippen molar-refractivity contribution in [2.24, 2.45) is 7.05 Å². The summed E-state index contributed by atoms with van der Waals surface area (Å²) in [5, 5.41) is 3.98. The average Bonchev–Trinajstić information content (AvgIpc) is 3.27. The number of carbonyl (C=O) groups is 1. The van der Waals surface area contributed by atoms with Gasteiger partial charge in [0, 0.05) is 13.2 Å². The topological polar surface area (TPSA) is 66.5 Å². The summed E-state index contributed by atoms with van der Waals surface area (Å²) in [4.78, 5) is 12.0. The third-order valence-electron chi connectivity index (χ3n) is 3.51. The molecule has 2 heterocycles. The Balaban J connectivity index is 1.60. The molecule has 3 rings (SSSR count). The van der Waals surface area contributed by atoms with Crippen LogP contribution in [0.1, 0.15) is 21.9 Å². The molecule has 0 bridgehead atoms. The molecule has 6 heteroatoms. The highest BCUT2D eigenvalue weighted by molar-refractivity contribution is 6.06. The molecule has 0 atom stereocenters. The van der Waals surface area contributed by atoms with Gasteiger partial charge in [0.05, 0.1) is 18.9 Å². The van der Waals surface area contributed by atoms with E-state index in [1.807, 2.05) is 30.3 Å². The number of methoxy groups -OCH3 is 1. The Labute approximate surface area is 145 Å². The van der Waals surface area contributed by atoms with Crippen molar-refractivity contribution in [1.82, 2.24) is 9.78 Å². The number of benzene rings is 1. The summed E-state index contributed by atoms with van der Waals surface area (Å²) in [7, 11) is 3.36. The zero-order valence-electron chi connectivity index (χ0n) is 14.0. The number of hydrogen-bond donors (Lipinski definition) is 0. The van der Waals surface area contributed by atoms with E-state index < -0.39 is 0 Å². The number of furan rings is 1. The fourth-order valence-electron chi connectivity index (χ4n) is 2.25. The number of carbonyl (C=O) groups excluding carboxylic acids is 1. The minimum Gasteiger partial charge on any atom is -0.493 e. The highest BCUT2D eigenvalue weighted by Crippen LogP contribution is 2.26. The van der Waals surface area contributed by atoms with E-state index in [-0.39, 0.29) is 12.4 Å². The molecule has 0 saturated carbocycles. The Morgan fingerprint density at radius 3 is 2.76 bits per heavy atom. The number of nitrogens with zero attached hydrogens (tertiary/aromatic N) is 2. The average molecular weight is 338 g/mol. The summed E-state index contributed by atoms with van der Waals surface area (Å²) >= 11 is 0. The summed E-state index contributed by atoms with van der Waals surface area (Å²) in [5.41, 5.74) is 0.532. The second-order valence-electron chi connectivity index (χ2n) is 5.34. The molecule has 0 radical (unpaired) electrons. The molecule has 0 aliphatic rings. The lowest BCUT2D eigenvalue weighted by Crippen LogP contribution is -1.96. The molecule has 6 nitrogen and oxygen atoms in total. The number of ether oxygens (including phenoxy) is 2. The van der Waals surface area contributed by atoms with Gasteiger partial charge in [0.2, 0.25) is 0 Å². The largest absolute Gasteiger partial charge is 0.493 e. The van der Waals surface area contributed by atoms with Crippen LogP contribution in [0.15, 0.2) is 59.3 Å². The van der Waals surface area contributed by atoms with Gasteiger partial charge in [-0.05, 0) is 36.4 Å². The number of rotatable bonds is 7. The Bertz CT molecular complexity index is 892. The van der Waals surface area contributed by atoms with Gasteiger partial charge in [-0.15, -0.1) is 0 Å². The molecule has 128 valence electrons. The van der Waals surface area contributed by atoms with Gasteiger partial charge in [-0.25, -0.2) is 0 Å². The SMILES string of the molecule is COc1ccccc1OCc1ccc(/C=C/C(=O)c2cnn(C)c2)o1. The monoisotopic (exact) mass is 338 g/mol. The van der Waals surface area contributed by atoms with Crippen molar-refractivity contribution in [2.45, 2.75) is 6.61 Å². The maximum Gasteiger partial charge on any atom is 0.189 e. The second-order valence-corrected chi connectivity index (χ2v) is 5.34. The third kappa shape index (κ3) is 4.17. The summed E-state index contributed by atoms with van der Waals surface area (Å²) in [6.07, 6.45) is 6.28. The van der Waals surface area contributed by atoms with E-state index in [1.165, 1.54) is 12.3 Å². The summed E-state index contributed by atoms with van der Waals surface area (Å²) in [6, 6.07) is 11.0. The first-order chi connectivity index (χ1) is 12.2. The molecule has 0 fully saturated rings. The molecule has 0 N–H and O–H groups in total. The molecule has 1 aromatic carbocycles. The molecule has 0 aliphatic heterocycles. The van der Waals surface area contributed by atoms with E-state index >= 15 is 0 Å². The summed E-state index contributed by atoms with van der Waals surface area (Å²) in [6.45, 7) is 0.269. The Morgan fingerprint density at radius 1 is 1.24 bits per heavy atom. The van der Waals surface area contributed by atoms with E-state index in [9.17, 15) is 4.79 Å². The molecule has 0 saturated heterocycles. The van der Waals surface area contributed by atoms with Gasteiger partial charge in [0.25, 0.3) is 0 Å². The molecular weight excluding hydrogens is 320 g/mol. The van der Waals surface area contributed by atoms with Crippen LogP contribution in [0.25, 0.3) is 6.08 Å². The predicted molar refractivity (Wildman–Crippen MR) is 92.6 cm³/mol. The van der Waals surface area contributed by atoms with E-state index in [0.29, 0.717) is 28.6 Å². The molecule has 0 unspecified atom stereocenters. The van der Waals surface area contributed by atoms with Crippen LogP contribution in [0, 0.1) is 0 Å². The molecule has 0 spiro atoms. The number of allylic oxidation sites excluding steroid dienone is 1. The summed E-state index contributed by atoms with van der Waals surface area (Å²) < 4.78 is 18.2. The third-order valence-corrected chi connectivity index (χ3v) is 3.51. The van der Waals surface area contributed by atoms with Crippen LogP contribution in [-0.2, 0) is 13.7 Å². The lowest BCUT2D eigenvalue weighted by molar-refractivity contribution is 0.104. The second kappa shape index (κ2) is 7.53. The van der Waals surface area contributed by atoms with Gasteiger partial charge >= 0.3 is 0 Å². The molecule has 2 aromatic heterocycles. The fraction of sp³-hybridized carbons (Fsp3) is 0.158. The first-order valence-electron chi connectivity index (χ1n) is 7.71. The minimum absolute atomic E-state index is 0.128. The van der Waals surface area contributed by atoms with Crippen LogP contribution in [0.2, 0.25) is 0 Å². The van der Waals surface area contributed by atoms with E-state index in [4.69, 9.17) is 13.9 Å². The number of aromatic nitrogens is 2. The molecular formula is C19H18N2O4. The Hall–Kier alpha value is -3.28. The molecule has 3 aromatic rings. The number of hydrogen-bond acceptors (Lipinski definition) is 5. The Kier molecular flexibility index (Phi) is 4.99. The van der Waals surface area contributed by atoms with Crippen molar-refractivity contribution in [1.29, 1.82) is 0 Å². The van der Waals surface area contributed by atoms with Crippen molar-refractivity contribution < 1.29 is 18.7 Å². The van der Waals surface area contributed by atoms with Crippen molar-refractivity contribution in [3.8, 4) is 11.5 Å². The smallest absolute Gasteiger partial charge is 0.189 e. The Morgan fingerprint density at radius 2 is 2.04 bits per heavy atom. The van der Waals surface area contributed by atoms with Crippen LogP contribution in [0.5, 0.6) is 11.5 Å². The quantitative estimate of drug-likeness (QED) is 0.487. The minimum atomic E-state index is -0.128. The van der Waals surface area contributed by atoms with Crippen LogP contribution in [0.3, 0.4) is 0 Å². The van der Waals surface area contributed by atoms with Gasteiger partial charge in [-0.3, -0.25) is 9.48 Å². The van der Waals surface area contributed by atoms with Crippen LogP contribution in [0.4, 0.5) is 0 Å². The van der Waals surface area contributed by atoms with Crippen molar-refractivity contribution in [3.05, 3.63) is 72.0 Å². The van der Waals surface area contributed by atoms with Gasteiger partial charge in [0.15, 0.2) is 17.3 Å². The lowest BCUT2D eigenvalue weighted by atomic mass is 10.2. The standard InChI is InChI=1S/C19H18N2O4/c1-21-12-14(11-20-21)17(22)10-9-15-7-8-16(25-15)13-24-19-6-4-3-5-18(19)23-2/h3-12H,13H2,1-2H3/b10-9+. The van der Waals surface area contributed by atoms with Gasteiger partial charge in [-0.2, -0.15) is 5.10 Å². The maximum absolute atomic E-state index is 12.0. The normalized spacial score (nSPS) is 11.0.